The highest BCUT2D eigenvalue weighted by Gasteiger charge is 2.36. The zero-order valence-corrected chi connectivity index (χ0v) is 16.5. The molecule has 1 N–H and O–H groups in total. The quantitative estimate of drug-likeness (QED) is 0.844. The molecule has 2 unspecified atom stereocenters. The van der Waals surface area contributed by atoms with Gasteiger partial charge in [-0.2, -0.15) is 0 Å². The summed E-state index contributed by atoms with van der Waals surface area (Å²) in [6.45, 7) is 3.52. The van der Waals surface area contributed by atoms with Crippen LogP contribution in [0.2, 0.25) is 0 Å². The number of rotatable bonds is 5. The molecule has 2 fully saturated rings. The molecule has 0 saturated carbocycles. The van der Waals surface area contributed by atoms with E-state index >= 15 is 0 Å². The van der Waals surface area contributed by atoms with E-state index < -0.39 is 11.9 Å². The first kappa shape index (κ1) is 20.4. The van der Waals surface area contributed by atoms with Crippen molar-refractivity contribution in [2.75, 3.05) is 19.6 Å². The molecule has 2 amide bonds. The van der Waals surface area contributed by atoms with Crippen molar-refractivity contribution in [1.29, 1.82) is 0 Å². The number of carboxylic acid groups (broad SMARTS) is 1. The molecule has 1 aromatic rings. The van der Waals surface area contributed by atoms with E-state index in [0.29, 0.717) is 45.3 Å². The minimum absolute atomic E-state index is 0.0647. The van der Waals surface area contributed by atoms with Crippen LogP contribution in [0.5, 0.6) is 0 Å². The highest BCUT2D eigenvalue weighted by atomic mass is 16.4. The molecule has 0 spiro atoms. The van der Waals surface area contributed by atoms with Crippen molar-refractivity contribution in [2.24, 2.45) is 11.8 Å². The molecule has 2 saturated heterocycles. The molecule has 3 rings (SSSR count). The minimum atomic E-state index is -0.816. The first-order valence-corrected chi connectivity index (χ1v) is 10.3. The van der Waals surface area contributed by atoms with Gasteiger partial charge in [0.2, 0.25) is 11.8 Å². The molecule has 0 aliphatic carbocycles. The maximum atomic E-state index is 12.9. The zero-order valence-electron chi connectivity index (χ0n) is 16.5. The highest BCUT2D eigenvalue weighted by Crippen LogP contribution is 2.27. The molecule has 2 atom stereocenters. The van der Waals surface area contributed by atoms with Gasteiger partial charge in [0.05, 0.1) is 5.92 Å². The van der Waals surface area contributed by atoms with E-state index in [9.17, 15) is 19.5 Å². The van der Waals surface area contributed by atoms with Crippen LogP contribution in [-0.2, 0) is 20.8 Å². The topological polar surface area (TPSA) is 77.9 Å². The number of piperidine rings is 2. The molecule has 28 heavy (non-hydrogen) atoms. The summed E-state index contributed by atoms with van der Waals surface area (Å²) in [5, 5.41) is 9.28. The van der Waals surface area contributed by atoms with Crippen LogP contribution in [0.25, 0.3) is 0 Å². The Labute approximate surface area is 166 Å². The van der Waals surface area contributed by atoms with Crippen LogP contribution >= 0.6 is 0 Å². The van der Waals surface area contributed by atoms with Crippen molar-refractivity contribution in [2.45, 2.75) is 51.5 Å². The summed E-state index contributed by atoms with van der Waals surface area (Å²) < 4.78 is 0. The number of nitrogens with zero attached hydrogens (tertiary/aromatic N) is 2. The van der Waals surface area contributed by atoms with Crippen molar-refractivity contribution in [3.05, 3.63) is 35.9 Å². The molecule has 0 bridgehead atoms. The Balaban J connectivity index is 1.48. The fourth-order valence-corrected chi connectivity index (χ4v) is 4.28. The Morgan fingerprint density at radius 3 is 2.32 bits per heavy atom. The molecule has 6 nitrogen and oxygen atoms in total. The third-order valence-corrected chi connectivity index (χ3v) is 6.18. The zero-order chi connectivity index (χ0) is 20.1. The average Bonchev–Trinajstić information content (AvgIpc) is 2.72. The van der Waals surface area contributed by atoms with E-state index in [-0.39, 0.29) is 23.8 Å². The summed E-state index contributed by atoms with van der Waals surface area (Å²) in [6.07, 6.45) is 3.92. The van der Waals surface area contributed by atoms with Crippen molar-refractivity contribution >= 4 is 17.8 Å². The molecule has 2 aliphatic rings. The number of likely N-dealkylation sites (tertiary alicyclic amines) is 2. The first-order chi connectivity index (χ1) is 13.5. The molecular weight excluding hydrogens is 356 g/mol. The molecule has 2 aliphatic heterocycles. The predicted molar refractivity (Wildman–Crippen MR) is 106 cm³/mol. The van der Waals surface area contributed by atoms with Gasteiger partial charge in [-0.25, -0.2) is 0 Å². The lowest BCUT2D eigenvalue weighted by molar-refractivity contribution is -0.150. The van der Waals surface area contributed by atoms with Crippen LogP contribution in [0.4, 0.5) is 0 Å². The van der Waals surface area contributed by atoms with Gasteiger partial charge < -0.3 is 14.9 Å². The van der Waals surface area contributed by atoms with Gasteiger partial charge in [-0.3, -0.25) is 14.4 Å². The van der Waals surface area contributed by atoms with Gasteiger partial charge in [0.1, 0.15) is 0 Å². The van der Waals surface area contributed by atoms with Gasteiger partial charge in [-0.15, -0.1) is 0 Å². The number of benzene rings is 1. The fraction of sp³-hybridized carbons (Fsp3) is 0.591. The lowest BCUT2D eigenvalue weighted by Crippen LogP contribution is -2.51. The SMILES string of the molecule is CC1CCC(C(=O)O)CN1C(=O)C1CCN(C(=O)CCc2ccccc2)CC1. The number of amides is 2. The van der Waals surface area contributed by atoms with Crippen LogP contribution in [0, 0.1) is 11.8 Å². The Morgan fingerprint density at radius 1 is 1.00 bits per heavy atom. The molecule has 6 heteroatoms. The number of aryl methyl sites for hydroxylation is 1. The maximum absolute atomic E-state index is 12.9. The van der Waals surface area contributed by atoms with Crippen molar-refractivity contribution in [1.82, 2.24) is 9.80 Å². The number of carbonyl (C=O) groups excluding carboxylic acids is 2. The van der Waals surface area contributed by atoms with E-state index in [1.807, 2.05) is 42.2 Å². The van der Waals surface area contributed by atoms with Crippen LogP contribution in [0.3, 0.4) is 0 Å². The van der Waals surface area contributed by atoms with E-state index in [1.54, 1.807) is 4.90 Å². The Morgan fingerprint density at radius 2 is 1.68 bits per heavy atom. The van der Waals surface area contributed by atoms with Gasteiger partial charge in [-0.1, -0.05) is 30.3 Å². The third-order valence-electron chi connectivity index (χ3n) is 6.18. The van der Waals surface area contributed by atoms with Crippen molar-refractivity contribution < 1.29 is 19.5 Å². The lowest BCUT2D eigenvalue weighted by atomic mass is 9.89. The molecular formula is C22H30N2O4. The monoisotopic (exact) mass is 386 g/mol. The van der Waals surface area contributed by atoms with Gasteiger partial charge in [0.25, 0.3) is 0 Å². The normalized spacial score (nSPS) is 23.5. The van der Waals surface area contributed by atoms with Gasteiger partial charge in [0.15, 0.2) is 0 Å². The third kappa shape index (κ3) is 4.91. The second-order valence-electron chi connectivity index (χ2n) is 8.09. The van der Waals surface area contributed by atoms with Gasteiger partial charge >= 0.3 is 5.97 Å². The number of hydrogen-bond donors (Lipinski definition) is 1. The summed E-state index contributed by atoms with van der Waals surface area (Å²) in [5.74, 6) is -1.17. The van der Waals surface area contributed by atoms with Crippen LogP contribution in [0.15, 0.2) is 30.3 Å². The van der Waals surface area contributed by atoms with E-state index in [2.05, 4.69) is 0 Å². The Hall–Kier alpha value is -2.37. The standard InChI is InChI=1S/C22H30N2O4/c1-16-7-9-19(22(27)28)15-24(16)21(26)18-11-13-23(14-12-18)20(25)10-8-17-5-3-2-4-6-17/h2-6,16,18-19H,7-15H2,1H3,(H,27,28). The lowest BCUT2D eigenvalue weighted by Gasteiger charge is -2.40. The second-order valence-corrected chi connectivity index (χ2v) is 8.09. The summed E-state index contributed by atoms with van der Waals surface area (Å²) in [4.78, 5) is 40.4. The molecule has 1 aromatic carbocycles. The Bertz CT molecular complexity index is 698. The van der Waals surface area contributed by atoms with E-state index in [0.717, 1.165) is 18.4 Å². The van der Waals surface area contributed by atoms with Gasteiger partial charge in [-0.05, 0) is 44.6 Å². The van der Waals surface area contributed by atoms with Crippen molar-refractivity contribution in [3.63, 3.8) is 0 Å². The minimum Gasteiger partial charge on any atom is -0.481 e. The fourth-order valence-electron chi connectivity index (χ4n) is 4.28. The summed E-state index contributed by atoms with van der Waals surface area (Å²) in [6, 6.07) is 10.1. The number of carboxylic acids is 1. The van der Waals surface area contributed by atoms with Crippen LogP contribution in [-0.4, -0.2) is 58.4 Å². The molecule has 0 aromatic heterocycles. The summed E-state index contributed by atoms with van der Waals surface area (Å²) in [5.41, 5.74) is 1.16. The number of carbonyl (C=O) groups is 3. The van der Waals surface area contributed by atoms with Gasteiger partial charge in [0, 0.05) is 38.0 Å². The predicted octanol–water partition coefficient (Wildman–Crippen LogP) is 2.57. The number of hydrogen-bond acceptors (Lipinski definition) is 3. The van der Waals surface area contributed by atoms with E-state index in [4.69, 9.17) is 0 Å². The molecule has 2 heterocycles. The highest BCUT2D eigenvalue weighted by molar-refractivity contribution is 5.81. The largest absolute Gasteiger partial charge is 0.481 e. The molecule has 0 radical (unpaired) electrons. The van der Waals surface area contributed by atoms with E-state index in [1.165, 1.54) is 0 Å². The van der Waals surface area contributed by atoms with Crippen molar-refractivity contribution in [3.8, 4) is 0 Å². The molecule has 152 valence electrons. The maximum Gasteiger partial charge on any atom is 0.308 e. The summed E-state index contributed by atoms with van der Waals surface area (Å²) in [7, 11) is 0. The smallest absolute Gasteiger partial charge is 0.308 e. The summed E-state index contributed by atoms with van der Waals surface area (Å²) >= 11 is 0. The average molecular weight is 386 g/mol. The van der Waals surface area contributed by atoms with Crippen LogP contribution < -0.4 is 0 Å². The van der Waals surface area contributed by atoms with Crippen LogP contribution in [0.1, 0.15) is 44.6 Å². The number of aliphatic carboxylic acids is 1. The second kappa shape index (κ2) is 9.22. The Kier molecular flexibility index (Phi) is 6.70. The first-order valence-electron chi connectivity index (χ1n) is 10.3.